The number of nitrogens with one attached hydrogen (secondary N) is 2. The number of halogens is 2. The van der Waals surface area contributed by atoms with E-state index in [2.05, 4.69) is 20.0 Å². The molecule has 0 saturated heterocycles. The van der Waals surface area contributed by atoms with Gasteiger partial charge in [0, 0.05) is 60.3 Å². The second-order valence-corrected chi connectivity index (χ2v) is 16.6. The maximum atomic E-state index is 15.9. The van der Waals surface area contributed by atoms with Crippen molar-refractivity contribution in [3.05, 3.63) is 89.8 Å². The van der Waals surface area contributed by atoms with Gasteiger partial charge in [-0.2, -0.15) is 4.37 Å². The van der Waals surface area contributed by atoms with Crippen LogP contribution in [0.25, 0.3) is 0 Å². The normalized spacial score (nSPS) is 12.7. The minimum absolute atomic E-state index is 0.0252. The monoisotopic (exact) mass is 818 g/mol. The maximum Gasteiger partial charge on any atom is 0.410 e. The van der Waals surface area contributed by atoms with Gasteiger partial charge in [-0.05, 0) is 65.3 Å². The number of alkyl carbamates (subject to hydrolysis) is 1. The number of hydrogen-bond acceptors (Lipinski definition) is 12. The zero-order chi connectivity index (χ0) is 41.2. The van der Waals surface area contributed by atoms with E-state index in [1.165, 1.54) is 19.1 Å². The van der Waals surface area contributed by atoms with Crippen molar-refractivity contribution in [3.8, 4) is 11.5 Å². The van der Waals surface area contributed by atoms with Gasteiger partial charge in [0.25, 0.3) is 10.0 Å². The highest BCUT2D eigenvalue weighted by molar-refractivity contribution is 7.93. The summed E-state index contributed by atoms with van der Waals surface area (Å²) in [7, 11) is -1.91. The Balaban J connectivity index is 1.61. The molecule has 0 radical (unpaired) electrons. The Labute approximate surface area is 330 Å². The average Bonchev–Trinajstić information content (AvgIpc) is 3.68. The van der Waals surface area contributed by atoms with Crippen LogP contribution in [0.15, 0.2) is 71.9 Å². The van der Waals surface area contributed by atoms with Gasteiger partial charge in [0.2, 0.25) is 5.13 Å². The molecule has 2 N–H and O–H groups in total. The molecular weight excluding hydrogens is 771 g/mol. The standard InChI is InChI=1S/C38H48F2N6O8S2/c1-24(2)45(37(48)53-22-26-12-10-9-11-13-26)20-28(25(3)44-36(47)54-38(4,5)6)19-41-32-17-31(40)34(18-30(32)39)56(49,50)46(35-42-23-43-55-35)21-27-14-15-29(51-7)16-33(27)52-8/h9-18,23-25,28,41H,19-22H2,1-8H3,(H,44,47)/t25-,28?/m1/s1. The van der Waals surface area contributed by atoms with Crippen LogP contribution in [-0.4, -0.2) is 79.9 Å². The molecule has 1 unspecified atom stereocenters. The highest BCUT2D eigenvalue weighted by Gasteiger charge is 2.33. The first-order chi connectivity index (χ1) is 26.4. The number of anilines is 2. The highest BCUT2D eigenvalue weighted by atomic mass is 32.2. The molecule has 0 fully saturated rings. The summed E-state index contributed by atoms with van der Waals surface area (Å²) >= 11 is 0.753. The van der Waals surface area contributed by atoms with Gasteiger partial charge in [-0.15, -0.1) is 0 Å². The third-order valence-electron chi connectivity index (χ3n) is 8.46. The summed E-state index contributed by atoms with van der Waals surface area (Å²) in [5, 5.41) is 5.54. The van der Waals surface area contributed by atoms with Crippen molar-refractivity contribution < 1.29 is 45.7 Å². The van der Waals surface area contributed by atoms with Gasteiger partial charge in [-0.1, -0.05) is 30.3 Å². The first kappa shape index (κ1) is 43.5. The van der Waals surface area contributed by atoms with Crippen molar-refractivity contribution in [2.24, 2.45) is 5.92 Å². The van der Waals surface area contributed by atoms with Gasteiger partial charge in [-0.3, -0.25) is 0 Å². The van der Waals surface area contributed by atoms with E-state index >= 15 is 8.78 Å². The summed E-state index contributed by atoms with van der Waals surface area (Å²) in [4.78, 5) is 30.7. The quantitative estimate of drug-likeness (QED) is 0.111. The number of methoxy groups -OCH3 is 2. The van der Waals surface area contributed by atoms with Crippen molar-refractivity contribution in [2.75, 3.05) is 36.9 Å². The van der Waals surface area contributed by atoms with Crippen LogP contribution in [0.1, 0.15) is 52.7 Å². The van der Waals surface area contributed by atoms with Crippen LogP contribution in [0.2, 0.25) is 0 Å². The Kier molecular flexibility index (Phi) is 14.8. The van der Waals surface area contributed by atoms with Gasteiger partial charge >= 0.3 is 12.2 Å². The van der Waals surface area contributed by atoms with Gasteiger partial charge in [0.05, 0.1) is 26.5 Å². The van der Waals surface area contributed by atoms with Gasteiger partial charge < -0.3 is 34.5 Å². The molecule has 0 aliphatic heterocycles. The molecule has 1 aromatic heterocycles. The molecule has 18 heteroatoms. The lowest BCUT2D eigenvalue weighted by Gasteiger charge is -2.34. The van der Waals surface area contributed by atoms with E-state index in [9.17, 15) is 18.0 Å². The second-order valence-electron chi connectivity index (χ2n) is 14.0. The number of carbonyl (C=O) groups excluding carboxylic acids is 2. The summed E-state index contributed by atoms with van der Waals surface area (Å²) in [6.45, 7) is 10.0. The van der Waals surface area contributed by atoms with Crippen LogP contribution in [0.3, 0.4) is 0 Å². The Morgan fingerprint density at radius 3 is 2.29 bits per heavy atom. The van der Waals surface area contributed by atoms with E-state index < -0.39 is 56.3 Å². The number of sulfonamides is 1. The van der Waals surface area contributed by atoms with E-state index in [-0.39, 0.29) is 43.1 Å². The number of amides is 2. The van der Waals surface area contributed by atoms with Crippen LogP contribution in [0.5, 0.6) is 11.5 Å². The number of carbonyl (C=O) groups is 2. The number of ether oxygens (including phenoxy) is 4. The molecule has 1 heterocycles. The molecular formula is C38H48F2N6O8S2. The summed E-state index contributed by atoms with van der Waals surface area (Å²) < 4.78 is 86.4. The summed E-state index contributed by atoms with van der Waals surface area (Å²) in [6, 6.07) is 14.2. The highest BCUT2D eigenvalue weighted by Crippen LogP contribution is 2.33. The molecule has 4 rings (SSSR count). The molecule has 304 valence electrons. The SMILES string of the molecule is COc1ccc(CN(c2ncns2)S(=O)(=O)c2cc(F)c(NCC(CN(C(=O)OCc3ccccc3)C(C)C)[C@@H](C)NC(=O)OC(C)(C)C)cc2F)c(OC)c1. The second kappa shape index (κ2) is 19.1. The van der Waals surface area contributed by atoms with Crippen molar-refractivity contribution in [3.63, 3.8) is 0 Å². The van der Waals surface area contributed by atoms with E-state index in [4.69, 9.17) is 18.9 Å². The van der Waals surface area contributed by atoms with Crippen LogP contribution in [0.4, 0.5) is 29.2 Å². The van der Waals surface area contributed by atoms with E-state index in [1.807, 2.05) is 30.3 Å². The first-order valence-electron chi connectivity index (χ1n) is 17.6. The number of hydrogen-bond donors (Lipinski definition) is 2. The Bertz CT molecular complexity index is 2030. The molecule has 14 nitrogen and oxygen atoms in total. The summed E-state index contributed by atoms with van der Waals surface area (Å²) in [5.41, 5.74) is 0.0408. The Morgan fingerprint density at radius 2 is 1.68 bits per heavy atom. The number of benzene rings is 3. The molecule has 3 aromatic carbocycles. The molecule has 0 aliphatic carbocycles. The van der Waals surface area contributed by atoms with Crippen molar-refractivity contribution in [1.29, 1.82) is 0 Å². The minimum atomic E-state index is -4.77. The number of rotatable bonds is 17. The fourth-order valence-corrected chi connectivity index (χ4v) is 7.64. The Hall–Kier alpha value is -5.23. The zero-order valence-electron chi connectivity index (χ0n) is 32.5. The fraction of sp³-hybridized carbons (Fsp3) is 0.421. The largest absolute Gasteiger partial charge is 0.497 e. The van der Waals surface area contributed by atoms with E-state index in [0.717, 1.165) is 33.8 Å². The average molecular weight is 819 g/mol. The fourth-order valence-electron chi connectivity index (χ4n) is 5.45. The van der Waals surface area contributed by atoms with Crippen molar-refractivity contribution in [2.45, 2.75) is 77.3 Å². The summed E-state index contributed by atoms with van der Waals surface area (Å²) in [6.07, 6.45) is -0.176. The number of aromatic nitrogens is 2. The molecule has 56 heavy (non-hydrogen) atoms. The van der Waals surface area contributed by atoms with Crippen LogP contribution in [-0.2, 0) is 32.6 Å². The third-order valence-corrected chi connectivity index (χ3v) is 11.0. The third kappa shape index (κ3) is 11.6. The Morgan fingerprint density at radius 1 is 0.964 bits per heavy atom. The molecule has 4 aromatic rings. The van der Waals surface area contributed by atoms with Crippen molar-refractivity contribution in [1.82, 2.24) is 19.6 Å². The van der Waals surface area contributed by atoms with Gasteiger partial charge in [-0.25, -0.2) is 36.1 Å². The van der Waals surface area contributed by atoms with Crippen molar-refractivity contribution >= 4 is 44.6 Å². The molecule has 0 bridgehead atoms. The summed E-state index contributed by atoms with van der Waals surface area (Å²) in [5.74, 6) is -2.17. The molecule has 2 amide bonds. The van der Waals surface area contributed by atoms with Crippen LogP contribution < -0.4 is 24.4 Å². The zero-order valence-corrected chi connectivity index (χ0v) is 34.2. The topological polar surface area (TPSA) is 162 Å². The van der Waals surface area contributed by atoms with E-state index in [0.29, 0.717) is 23.1 Å². The molecule has 0 saturated carbocycles. The van der Waals surface area contributed by atoms with Gasteiger partial charge in [0.1, 0.15) is 46.6 Å². The maximum absolute atomic E-state index is 15.9. The first-order valence-corrected chi connectivity index (χ1v) is 19.8. The molecule has 0 spiro atoms. The lowest BCUT2D eigenvalue weighted by Crippen LogP contribution is -2.50. The predicted octanol–water partition coefficient (Wildman–Crippen LogP) is 7.22. The molecule has 0 aliphatic rings. The smallest absolute Gasteiger partial charge is 0.410 e. The lowest BCUT2D eigenvalue weighted by atomic mass is 9.99. The lowest BCUT2D eigenvalue weighted by molar-refractivity contribution is 0.0476. The van der Waals surface area contributed by atoms with Crippen LogP contribution in [0, 0.1) is 17.6 Å². The predicted molar refractivity (Wildman–Crippen MR) is 208 cm³/mol. The number of nitrogens with zero attached hydrogens (tertiary/aromatic N) is 4. The minimum Gasteiger partial charge on any atom is -0.497 e. The molecule has 2 atom stereocenters. The van der Waals surface area contributed by atoms with Crippen LogP contribution >= 0.6 is 11.5 Å². The van der Waals surface area contributed by atoms with E-state index in [1.54, 1.807) is 59.7 Å². The van der Waals surface area contributed by atoms with Gasteiger partial charge in [0.15, 0.2) is 0 Å².